The Morgan fingerprint density at radius 2 is 1.94 bits per heavy atom. The fourth-order valence-electron chi connectivity index (χ4n) is 1.88. The summed E-state index contributed by atoms with van der Waals surface area (Å²) >= 11 is 0. The lowest BCUT2D eigenvalue weighted by Gasteiger charge is -1.96. The largest absolute Gasteiger partial charge is 0.439 e. The zero-order valence-corrected chi connectivity index (χ0v) is 9.84. The predicted octanol–water partition coefficient (Wildman–Crippen LogP) is 2.59. The van der Waals surface area contributed by atoms with E-state index >= 15 is 0 Å². The van der Waals surface area contributed by atoms with Gasteiger partial charge >= 0.3 is 0 Å². The second kappa shape index (κ2) is 4.49. The average molecular weight is 239 g/mol. The van der Waals surface area contributed by atoms with Crippen LogP contribution in [0.15, 0.2) is 47.0 Å². The smallest absolute Gasteiger partial charge is 0.198 e. The van der Waals surface area contributed by atoms with E-state index in [-0.39, 0.29) is 0 Å². The summed E-state index contributed by atoms with van der Waals surface area (Å²) in [5.74, 6) is 0.701. The summed E-state index contributed by atoms with van der Waals surface area (Å²) in [6.45, 7) is 0. The number of rotatable bonds is 3. The minimum Gasteiger partial charge on any atom is -0.439 e. The van der Waals surface area contributed by atoms with E-state index in [0.29, 0.717) is 22.8 Å². The summed E-state index contributed by atoms with van der Waals surface area (Å²) in [6, 6.07) is 12.0. The van der Waals surface area contributed by atoms with Crippen molar-refractivity contribution >= 4 is 16.9 Å². The molecule has 1 aromatic carbocycles. The molecule has 0 fully saturated rings. The Bertz CT molecular complexity index is 661. The van der Waals surface area contributed by atoms with Crippen LogP contribution in [-0.2, 0) is 12.8 Å². The van der Waals surface area contributed by atoms with Crippen LogP contribution >= 0.6 is 0 Å². The number of aromatic nitrogens is 2. The molecule has 0 atom stereocenters. The molecule has 4 heteroatoms. The first-order valence-electron chi connectivity index (χ1n) is 5.86. The van der Waals surface area contributed by atoms with Crippen LogP contribution in [0.2, 0.25) is 0 Å². The Kier molecular flexibility index (Phi) is 2.68. The van der Waals surface area contributed by atoms with Crippen LogP contribution in [0.1, 0.15) is 11.5 Å². The van der Waals surface area contributed by atoms with Crippen molar-refractivity contribution in [2.75, 3.05) is 5.73 Å². The molecule has 2 heterocycles. The monoisotopic (exact) mass is 239 g/mol. The van der Waals surface area contributed by atoms with Gasteiger partial charge in [-0.3, -0.25) is 0 Å². The molecule has 0 saturated carbocycles. The van der Waals surface area contributed by atoms with Gasteiger partial charge in [0.25, 0.3) is 0 Å². The molecule has 18 heavy (non-hydrogen) atoms. The van der Waals surface area contributed by atoms with Crippen LogP contribution in [-0.4, -0.2) is 9.97 Å². The molecule has 3 aromatic rings. The molecule has 0 amide bonds. The molecule has 2 N–H and O–H groups in total. The number of pyridine rings is 1. The quantitative estimate of drug-likeness (QED) is 0.763. The highest BCUT2D eigenvalue weighted by Crippen LogP contribution is 2.17. The van der Waals surface area contributed by atoms with Gasteiger partial charge in [0.05, 0.1) is 11.9 Å². The fourth-order valence-corrected chi connectivity index (χ4v) is 1.88. The lowest BCUT2D eigenvalue weighted by atomic mass is 10.1. The van der Waals surface area contributed by atoms with Gasteiger partial charge in [-0.15, -0.1) is 0 Å². The molecule has 90 valence electrons. The molecule has 0 saturated heterocycles. The van der Waals surface area contributed by atoms with Gasteiger partial charge in [-0.25, -0.2) is 4.98 Å². The Labute approximate surface area is 104 Å². The molecule has 0 aliphatic carbocycles. The first kappa shape index (κ1) is 10.8. The van der Waals surface area contributed by atoms with Gasteiger partial charge in [0.2, 0.25) is 0 Å². The minimum absolute atomic E-state index is 0.591. The number of nitrogens with zero attached hydrogens (tertiary/aromatic N) is 2. The van der Waals surface area contributed by atoms with Crippen molar-refractivity contribution in [2.24, 2.45) is 0 Å². The third kappa shape index (κ3) is 2.18. The van der Waals surface area contributed by atoms with E-state index < -0.39 is 0 Å². The van der Waals surface area contributed by atoms with E-state index in [0.717, 1.165) is 12.8 Å². The van der Waals surface area contributed by atoms with E-state index in [4.69, 9.17) is 10.2 Å². The maximum Gasteiger partial charge on any atom is 0.198 e. The van der Waals surface area contributed by atoms with Crippen molar-refractivity contribution in [3.8, 4) is 0 Å². The fraction of sp³-hybridized carbons (Fsp3) is 0.143. The van der Waals surface area contributed by atoms with E-state index in [1.165, 1.54) is 5.56 Å². The van der Waals surface area contributed by atoms with Crippen LogP contribution in [0.25, 0.3) is 11.2 Å². The Balaban J connectivity index is 1.79. The third-order valence-corrected chi connectivity index (χ3v) is 2.78. The number of nitrogen functional groups attached to an aromatic ring is 1. The number of benzene rings is 1. The molecular formula is C14H13N3O. The summed E-state index contributed by atoms with van der Waals surface area (Å²) in [7, 11) is 0. The van der Waals surface area contributed by atoms with Crippen molar-refractivity contribution in [2.45, 2.75) is 12.8 Å². The predicted molar refractivity (Wildman–Crippen MR) is 70.1 cm³/mol. The summed E-state index contributed by atoms with van der Waals surface area (Å²) < 4.78 is 5.62. The second-order valence-electron chi connectivity index (χ2n) is 4.18. The highest BCUT2D eigenvalue weighted by atomic mass is 16.3. The van der Waals surface area contributed by atoms with Crippen molar-refractivity contribution in [1.29, 1.82) is 0 Å². The SMILES string of the molecule is Nc1cnc2nc(CCc3ccccc3)oc2c1. The zero-order valence-electron chi connectivity index (χ0n) is 9.84. The standard InChI is InChI=1S/C14H13N3O/c15-11-8-12-14(16-9-11)17-13(18-12)7-6-10-4-2-1-3-5-10/h1-5,8-9H,6-7,15H2. The van der Waals surface area contributed by atoms with E-state index in [1.807, 2.05) is 18.2 Å². The molecule has 0 bridgehead atoms. The lowest BCUT2D eigenvalue weighted by Crippen LogP contribution is -1.90. The molecule has 4 nitrogen and oxygen atoms in total. The summed E-state index contributed by atoms with van der Waals surface area (Å²) in [6.07, 6.45) is 3.26. The average Bonchev–Trinajstić information content (AvgIpc) is 2.79. The Hall–Kier alpha value is -2.36. The van der Waals surface area contributed by atoms with Crippen LogP contribution in [0, 0.1) is 0 Å². The van der Waals surface area contributed by atoms with E-state index in [9.17, 15) is 0 Å². The number of oxazole rings is 1. The lowest BCUT2D eigenvalue weighted by molar-refractivity contribution is 0.528. The first-order chi connectivity index (χ1) is 8.81. The number of anilines is 1. The van der Waals surface area contributed by atoms with Crippen LogP contribution in [0.3, 0.4) is 0 Å². The summed E-state index contributed by atoms with van der Waals surface area (Å²) in [5, 5.41) is 0. The van der Waals surface area contributed by atoms with Crippen LogP contribution < -0.4 is 5.73 Å². The van der Waals surface area contributed by atoms with Crippen LogP contribution in [0.4, 0.5) is 5.69 Å². The molecule has 0 unspecified atom stereocenters. The number of nitrogens with two attached hydrogens (primary N) is 1. The molecular weight excluding hydrogens is 226 g/mol. The van der Waals surface area contributed by atoms with Crippen molar-refractivity contribution in [1.82, 2.24) is 9.97 Å². The van der Waals surface area contributed by atoms with E-state index in [1.54, 1.807) is 12.3 Å². The number of fused-ring (bicyclic) bond motifs is 1. The van der Waals surface area contributed by atoms with Gasteiger partial charge in [0.15, 0.2) is 17.1 Å². The van der Waals surface area contributed by atoms with Crippen molar-refractivity contribution in [3.05, 3.63) is 54.0 Å². The maximum absolute atomic E-state index is 5.65. The first-order valence-corrected chi connectivity index (χ1v) is 5.86. The normalized spacial score (nSPS) is 10.9. The topological polar surface area (TPSA) is 64.9 Å². The van der Waals surface area contributed by atoms with Gasteiger partial charge in [-0.2, -0.15) is 4.98 Å². The molecule has 0 spiro atoms. The van der Waals surface area contributed by atoms with Gasteiger partial charge < -0.3 is 10.2 Å². The zero-order chi connectivity index (χ0) is 12.4. The molecule has 3 rings (SSSR count). The Morgan fingerprint density at radius 3 is 2.78 bits per heavy atom. The van der Waals surface area contributed by atoms with E-state index in [2.05, 4.69) is 22.1 Å². The van der Waals surface area contributed by atoms with Crippen LogP contribution in [0.5, 0.6) is 0 Å². The van der Waals surface area contributed by atoms with Crippen molar-refractivity contribution < 1.29 is 4.42 Å². The van der Waals surface area contributed by atoms with Gasteiger partial charge in [0, 0.05) is 12.5 Å². The molecule has 0 radical (unpaired) electrons. The Morgan fingerprint density at radius 1 is 1.11 bits per heavy atom. The van der Waals surface area contributed by atoms with Gasteiger partial charge in [-0.1, -0.05) is 30.3 Å². The summed E-state index contributed by atoms with van der Waals surface area (Å²) in [5.41, 5.74) is 8.78. The number of hydrogen-bond acceptors (Lipinski definition) is 4. The highest BCUT2D eigenvalue weighted by molar-refractivity contribution is 5.71. The third-order valence-electron chi connectivity index (χ3n) is 2.78. The number of hydrogen-bond donors (Lipinski definition) is 1. The van der Waals surface area contributed by atoms with Gasteiger partial charge in [-0.05, 0) is 12.0 Å². The van der Waals surface area contributed by atoms with Gasteiger partial charge in [0.1, 0.15) is 0 Å². The minimum atomic E-state index is 0.591. The molecule has 2 aromatic heterocycles. The van der Waals surface area contributed by atoms with Crippen molar-refractivity contribution in [3.63, 3.8) is 0 Å². The maximum atomic E-state index is 5.65. The summed E-state index contributed by atoms with van der Waals surface area (Å²) in [4.78, 5) is 8.46. The molecule has 0 aliphatic heterocycles. The number of aryl methyl sites for hydroxylation is 2. The molecule has 0 aliphatic rings. The highest BCUT2D eigenvalue weighted by Gasteiger charge is 2.07. The second-order valence-corrected chi connectivity index (χ2v) is 4.18.